The third-order valence-electron chi connectivity index (χ3n) is 4.04. The maximum absolute atomic E-state index is 11.9. The molecule has 0 bridgehead atoms. The van der Waals surface area contributed by atoms with Crippen LogP contribution in [0.5, 0.6) is 0 Å². The van der Waals surface area contributed by atoms with Crippen molar-refractivity contribution in [1.29, 1.82) is 0 Å². The largest absolute Gasteiger partial charge is 0.469 e. The molecule has 0 saturated carbocycles. The number of phosphoric ester groups is 1. The van der Waals surface area contributed by atoms with Crippen LogP contribution in [0.4, 0.5) is 5.95 Å². The maximum atomic E-state index is 11.9. The number of aromatic amines is 1. The van der Waals surface area contributed by atoms with E-state index in [1.165, 1.54) is 18.0 Å². The molecule has 15 heteroatoms. The van der Waals surface area contributed by atoms with E-state index in [0.717, 1.165) is 0 Å². The average molecular weight is 421 g/mol. The van der Waals surface area contributed by atoms with Crippen molar-refractivity contribution in [2.24, 2.45) is 0 Å². The van der Waals surface area contributed by atoms with Gasteiger partial charge >= 0.3 is 7.82 Å². The Morgan fingerprint density at radius 2 is 2.18 bits per heavy atom. The first kappa shape index (κ1) is 20.8. The fraction of sp³-hybridized carbons (Fsp3) is 0.615. The van der Waals surface area contributed by atoms with Crippen LogP contribution in [-0.2, 0) is 23.3 Å². The van der Waals surface area contributed by atoms with Crippen molar-refractivity contribution in [3.63, 3.8) is 0 Å². The van der Waals surface area contributed by atoms with E-state index in [4.69, 9.17) is 29.7 Å². The standard InChI is InChI=1S/C13H20N5O9P/c1-24-2-3-25-9-6(4-26-28(21,22)23)27-12(8(9)19)18-5-15-7-10(18)16-13(14)17-11(7)20/h5-6,8-9,12,19H,2-4H2,1H3,(H2,21,22,23)(H3,14,16,17,20)/t6-,8-,9-,12-/m1/s1. The summed E-state index contributed by atoms with van der Waals surface area (Å²) < 4.78 is 32.9. The molecule has 1 aliphatic rings. The molecule has 0 radical (unpaired) electrons. The lowest BCUT2D eigenvalue weighted by molar-refractivity contribution is -0.0669. The molecule has 2 aromatic heterocycles. The van der Waals surface area contributed by atoms with Crippen LogP contribution < -0.4 is 11.3 Å². The highest BCUT2D eigenvalue weighted by Gasteiger charge is 2.47. The average Bonchev–Trinajstić information content (AvgIpc) is 3.14. The maximum Gasteiger partial charge on any atom is 0.469 e. The molecule has 0 aliphatic carbocycles. The minimum absolute atomic E-state index is 0.0169. The van der Waals surface area contributed by atoms with Crippen LogP contribution in [-0.4, -0.2) is 79.7 Å². The molecule has 1 saturated heterocycles. The second kappa shape index (κ2) is 8.23. The van der Waals surface area contributed by atoms with Crippen LogP contribution in [0.1, 0.15) is 6.23 Å². The molecular weight excluding hydrogens is 401 g/mol. The molecule has 28 heavy (non-hydrogen) atoms. The fourth-order valence-corrected chi connectivity index (χ4v) is 3.20. The number of hydrogen-bond donors (Lipinski definition) is 5. The van der Waals surface area contributed by atoms with E-state index >= 15 is 0 Å². The summed E-state index contributed by atoms with van der Waals surface area (Å²) in [6.07, 6.45) is -3.19. The lowest BCUT2D eigenvalue weighted by Crippen LogP contribution is -2.37. The molecular formula is C13H20N5O9P. The Morgan fingerprint density at radius 3 is 2.86 bits per heavy atom. The number of phosphoric acid groups is 1. The lowest BCUT2D eigenvalue weighted by Gasteiger charge is -2.20. The Labute approximate surface area is 157 Å². The molecule has 0 spiro atoms. The van der Waals surface area contributed by atoms with Gasteiger partial charge in [0.2, 0.25) is 5.95 Å². The number of aromatic nitrogens is 4. The number of nitrogens with two attached hydrogens (primary N) is 1. The Kier molecular flexibility index (Phi) is 6.12. The zero-order valence-electron chi connectivity index (χ0n) is 14.7. The van der Waals surface area contributed by atoms with E-state index in [-0.39, 0.29) is 30.3 Å². The van der Waals surface area contributed by atoms with Crippen LogP contribution in [0.2, 0.25) is 0 Å². The van der Waals surface area contributed by atoms with Crippen molar-refractivity contribution < 1.29 is 38.2 Å². The lowest BCUT2D eigenvalue weighted by atomic mass is 10.1. The number of H-pyrrole nitrogens is 1. The van der Waals surface area contributed by atoms with E-state index in [1.54, 1.807) is 0 Å². The van der Waals surface area contributed by atoms with Crippen LogP contribution in [0, 0.1) is 0 Å². The first-order valence-electron chi connectivity index (χ1n) is 8.07. The van der Waals surface area contributed by atoms with Gasteiger partial charge in [-0.3, -0.25) is 18.9 Å². The third kappa shape index (κ3) is 4.39. The number of imidazole rings is 1. The molecule has 0 unspecified atom stereocenters. The number of hydrogen-bond acceptors (Lipinski definition) is 10. The summed E-state index contributed by atoms with van der Waals surface area (Å²) in [4.78, 5) is 40.0. The Morgan fingerprint density at radius 1 is 1.43 bits per heavy atom. The van der Waals surface area contributed by atoms with Crippen molar-refractivity contribution in [2.45, 2.75) is 24.5 Å². The minimum Gasteiger partial charge on any atom is -0.386 e. The summed E-state index contributed by atoms with van der Waals surface area (Å²) in [5, 5.41) is 10.7. The summed E-state index contributed by atoms with van der Waals surface area (Å²) in [6.45, 7) is -0.226. The first-order valence-corrected chi connectivity index (χ1v) is 9.61. The highest BCUT2D eigenvalue weighted by molar-refractivity contribution is 7.46. The van der Waals surface area contributed by atoms with Crippen LogP contribution in [0.25, 0.3) is 11.2 Å². The number of nitrogens with zero attached hydrogens (tertiary/aromatic N) is 3. The SMILES string of the molecule is COCCO[C@H]1[C@@H](O)[C@H](n2cnc3c(=O)[nH]c(N)nc32)O[C@@H]1COP(=O)(O)O. The van der Waals surface area contributed by atoms with Gasteiger partial charge in [0.05, 0.1) is 26.1 Å². The molecule has 0 aromatic carbocycles. The summed E-state index contributed by atoms with van der Waals surface area (Å²) in [7, 11) is -3.30. The van der Waals surface area contributed by atoms with E-state index in [9.17, 15) is 14.5 Å². The normalized spacial score (nSPS) is 25.6. The molecule has 156 valence electrons. The molecule has 1 aliphatic heterocycles. The van der Waals surface area contributed by atoms with Gasteiger partial charge in [-0.1, -0.05) is 0 Å². The quantitative estimate of drug-likeness (QED) is 0.234. The topological polar surface area (TPSA) is 204 Å². The summed E-state index contributed by atoms with van der Waals surface area (Å²) in [5.41, 5.74) is 5.04. The first-order chi connectivity index (χ1) is 13.2. The second-order valence-electron chi connectivity index (χ2n) is 5.95. The van der Waals surface area contributed by atoms with Crippen LogP contribution >= 0.6 is 7.82 Å². The predicted octanol–water partition coefficient (Wildman–Crippen LogP) is -1.90. The molecule has 0 amide bonds. The molecule has 3 heterocycles. The van der Waals surface area contributed by atoms with Gasteiger partial charge in [0.1, 0.15) is 18.3 Å². The predicted molar refractivity (Wildman–Crippen MR) is 92.1 cm³/mol. The number of nitrogens with one attached hydrogen (secondary N) is 1. The van der Waals surface area contributed by atoms with Gasteiger partial charge in [0.15, 0.2) is 17.4 Å². The van der Waals surface area contributed by atoms with Crippen LogP contribution in [0.15, 0.2) is 11.1 Å². The highest BCUT2D eigenvalue weighted by atomic mass is 31.2. The molecule has 1 fully saturated rings. The number of aliphatic hydroxyl groups is 1. The summed E-state index contributed by atoms with van der Waals surface area (Å²) in [6, 6.07) is 0. The number of methoxy groups -OCH3 is 1. The van der Waals surface area contributed by atoms with Gasteiger partial charge in [0, 0.05) is 7.11 Å². The minimum atomic E-state index is -4.76. The van der Waals surface area contributed by atoms with Gasteiger partial charge in [-0.15, -0.1) is 0 Å². The molecule has 2 aromatic rings. The van der Waals surface area contributed by atoms with E-state index in [0.29, 0.717) is 0 Å². The second-order valence-corrected chi connectivity index (χ2v) is 7.18. The number of aliphatic hydroxyl groups excluding tert-OH is 1. The van der Waals surface area contributed by atoms with E-state index in [2.05, 4.69) is 19.5 Å². The van der Waals surface area contributed by atoms with E-state index < -0.39 is 44.5 Å². The zero-order chi connectivity index (χ0) is 20.5. The number of fused-ring (bicyclic) bond motifs is 1. The number of nitrogen functional groups attached to an aromatic ring is 1. The van der Waals surface area contributed by atoms with Crippen molar-refractivity contribution in [3.8, 4) is 0 Å². The zero-order valence-corrected chi connectivity index (χ0v) is 15.6. The molecule has 3 rings (SSSR count). The fourth-order valence-electron chi connectivity index (χ4n) is 2.86. The Hall–Kier alpha value is -1.90. The van der Waals surface area contributed by atoms with Gasteiger partial charge in [-0.2, -0.15) is 4.98 Å². The third-order valence-corrected chi connectivity index (χ3v) is 4.52. The summed E-state index contributed by atoms with van der Waals surface area (Å²) >= 11 is 0. The molecule has 4 atom stereocenters. The van der Waals surface area contributed by atoms with Crippen molar-refractivity contribution in [1.82, 2.24) is 19.5 Å². The summed E-state index contributed by atoms with van der Waals surface area (Å²) in [5.74, 6) is -0.152. The number of rotatable bonds is 8. The van der Waals surface area contributed by atoms with Crippen molar-refractivity contribution >= 4 is 24.9 Å². The molecule has 14 nitrogen and oxygen atoms in total. The van der Waals surface area contributed by atoms with Crippen molar-refractivity contribution in [3.05, 3.63) is 16.7 Å². The van der Waals surface area contributed by atoms with Gasteiger partial charge in [0.25, 0.3) is 5.56 Å². The van der Waals surface area contributed by atoms with E-state index in [1.807, 2.05) is 0 Å². The van der Waals surface area contributed by atoms with Gasteiger partial charge in [-0.05, 0) is 0 Å². The molecule has 6 N–H and O–H groups in total. The van der Waals surface area contributed by atoms with Gasteiger partial charge in [-0.25, -0.2) is 9.55 Å². The Balaban J connectivity index is 1.89. The Bertz CT molecular complexity index is 927. The number of anilines is 1. The highest BCUT2D eigenvalue weighted by Crippen LogP contribution is 2.39. The number of ether oxygens (including phenoxy) is 3. The smallest absolute Gasteiger partial charge is 0.386 e. The van der Waals surface area contributed by atoms with Crippen LogP contribution in [0.3, 0.4) is 0 Å². The van der Waals surface area contributed by atoms with Gasteiger partial charge < -0.3 is 34.8 Å². The monoisotopic (exact) mass is 421 g/mol. The van der Waals surface area contributed by atoms with Crippen molar-refractivity contribution in [2.75, 3.05) is 32.7 Å².